The Hall–Kier alpha value is -1.33. The number of hydrogen-bond donors (Lipinski definition) is 1. The van der Waals surface area contributed by atoms with E-state index < -0.39 is 12.1 Å². The molecule has 0 bridgehead atoms. The van der Waals surface area contributed by atoms with Crippen LogP contribution in [0.1, 0.15) is 11.7 Å². The number of benzene rings is 2. The molecule has 19 heavy (non-hydrogen) atoms. The van der Waals surface area contributed by atoms with Crippen LogP contribution in [0.5, 0.6) is 5.75 Å². The fourth-order valence-corrected chi connectivity index (χ4v) is 2.08. The lowest BCUT2D eigenvalue weighted by Gasteiger charge is -2.15. The van der Waals surface area contributed by atoms with E-state index >= 15 is 0 Å². The summed E-state index contributed by atoms with van der Waals surface area (Å²) in [4.78, 5) is 11.3. The molecule has 2 rings (SSSR count). The van der Waals surface area contributed by atoms with Crippen LogP contribution in [-0.4, -0.2) is 11.1 Å². The third-order valence-corrected chi connectivity index (χ3v) is 3.52. The number of ether oxygens (including phenoxy) is 1. The Morgan fingerprint density at radius 1 is 0.947 bits per heavy atom. The third kappa shape index (κ3) is 3.81. The highest BCUT2D eigenvalue weighted by molar-refractivity contribution is 9.10. The number of rotatable bonds is 4. The Kier molecular flexibility index (Phi) is 4.61. The van der Waals surface area contributed by atoms with Crippen molar-refractivity contribution in [1.82, 2.24) is 0 Å². The molecule has 0 aliphatic heterocycles. The number of carbonyl (C=O) groups is 1. The molecule has 2 aromatic carbocycles. The predicted molar refractivity (Wildman–Crippen MR) is 79.3 cm³/mol. The summed E-state index contributed by atoms with van der Waals surface area (Å²) in [5.74, 6) is -0.510. The molecule has 3 nitrogen and oxygen atoms in total. The first kappa shape index (κ1) is 14.1. The van der Waals surface area contributed by atoms with Gasteiger partial charge in [0.1, 0.15) is 5.75 Å². The highest BCUT2D eigenvalue weighted by Gasteiger charge is 2.21. The van der Waals surface area contributed by atoms with Crippen molar-refractivity contribution in [2.75, 3.05) is 0 Å². The molecule has 0 amide bonds. The van der Waals surface area contributed by atoms with E-state index in [1.165, 1.54) is 0 Å². The Balaban J connectivity index is 2.23. The van der Waals surface area contributed by atoms with Gasteiger partial charge < -0.3 is 9.84 Å². The molecule has 98 valence electrons. The average Bonchev–Trinajstić information content (AvgIpc) is 2.39. The lowest BCUT2D eigenvalue weighted by molar-refractivity contribution is -0.145. The van der Waals surface area contributed by atoms with Crippen molar-refractivity contribution in [2.24, 2.45) is 0 Å². The lowest BCUT2D eigenvalue weighted by atomic mass is 10.1. The summed E-state index contributed by atoms with van der Waals surface area (Å²) >= 11 is 6.63. The Bertz CT molecular complexity index is 564. The van der Waals surface area contributed by atoms with Gasteiger partial charge in [0.15, 0.2) is 0 Å². The van der Waals surface area contributed by atoms with Crippen LogP contribution >= 0.6 is 31.9 Å². The molecule has 0 unspecified atom stereocenters. The van der Waals surface area contributed by atoms with E-state index in [1.807, 2.05) is 0 Å². The van der Waals surface area contributed by atoms with Crippen LogP contribution < -0.4 is 4.74 Å². The molecule has 0 fully saturated rings. The molecular formula is C14H10Br2O3. The van der Waals surface area contributed by atoms with Gasteiger partial charge in [-0.05, 0) is 36.4 Å². The van der Waals surface area contributed by atoms with E-state index in [0.29, 0.717) is 11.3 Å². The maximum Gasteiger partial charge on any atom is 0.349 e. The summed E-state index contributed by atoms with van der Waals surface area (Å²) in [6, 6.07) is 14.1. The molecule has 0 aromatic heterocycles. The fraction of sp³-hybridized carbons (Fsp3) is 0.0714. The van der Waals surface area contributed by atoms with E-state index in [1.54, 1.807) is 48.5 Å². The quantitative estimate of drug-likeness (QED) is 0.847. The molecular weight excluding hydrogens is 376 g/mol. The summed E-state index contributed by atoms with van der Waals surface area (Å²) in [6.45, 7) is 0. The number of aliphatic carboxylic acids is 1. The number of carboxylic acids is 1. The van der Waals surface area contributed by atoms with Crippen molar-refractivity contribution >= 4 is 37.8 Å². The topological polar surface area (TPSA) is 46.5 Å². The highest BCUT2D eigenvalue weighted by atomic mass is 79.9. The Morgan fingerprint density at radius 2 is 1.42 bits per heavy atom. The zero-order chi connectivity index (χ0) is 13.8. The SMILES string of the molecule is O=C(O)[C@@H](Oc1ccc(Br)cc1)c1ccc(Br)cc1. The van der Waals surface area contributed by atoms with Gasteiger partial charge in [0.25, 0.3) is 0 Å². The van der Waals surface area contributed by atoms with Crippen LogP contribution in [0.3, 0.4) is 0 Å². The molecule has 0 saturated carbocycles. The van der Waals surface area contributed by atoms with Crippen molar-refractivity contribution in [1.29, 1.82) is 0 Å². The summed E-state index contributed by atoms with van der Waals surface area (Å²) in [7, 11) is 0. The van der Waals surface area contributed by atoms with Crippen molar-refractivity contribution in [2.45, 2.75) is 6.10 Å². The first-order valence-corrected chi connectivity index (χ1v) is 7.05. The summed E-state index contributed by atoms with van der Waals surface area (Å²) in [5, 5.41) is 9.27. The maximum atomic E-state index is 11.3. The molecule has 0 aliphatic carbocycles. The molecule has 5 heteroatoms. The number of carboxylic acid groups (broad SMARTS) is 1. The zero-order valence-corrected chi connectivity index (χ0v) is 12.9. The van der Waals surface area contributed by atoms with Crippen LogP contribution in [0.2, 0.25) is 0 Å². The normalized spacial score (nSPS) is 11.9. The smallest absolute Gasteiger partial charge is 0.349 e. The van der Waals surface area contributed by atoms with Gasteiger partial charge in [-0.1, -0.05) is 44.0 Å². The molecule has 0 heterocycles. The molecule has 0 radical (unpaired) electrons. The third-order valence-electron chi connectivity index (χ3n) is 2.46. The van der Waals surface area contributed by atoms with Gasteiger partial charge >= 0.3 is 5.97 Å². The van der Waals surface area contributed by atoms with Gasteiger partial charge in [0.2, 0.25) is 6.10 Å². The van der Waals surface area contributed by atoms with Crippen LogP contribution in [0.15, 0.2) is 57.5 Å². The maximum absolute atomic E-state index is 11.3. The molecule has 1 atom stereocenters. The van der Waals surface area contributed by atoms with Crippen molar-refractivity contribution in [3.8, 4) is 5.75 Å². The monoisotopic (exact) mass is 384 g/mol. The van der Waals surface area contributed by atoms with Crippen LogP contribution in [0.25, 0.3) is 0 Å². The average molecular weight is 386 g/mol. The lowest BCUT2D eigenvalue weighted by Crippen LogP contribution is -2.18. The summed E-state index contributed by atoms with van der Waals surface area (Å²) < 4.78 is 7.33. The molecule has 0 spiro atoms. The fourth-order valence-electron chi connectivity index (χ4n) is 1.55. The van der Waals surface area contributed by atoms with E-state index in [9.17, 15) is 9.90 Å². The van der Waals surface area contributed by atoms with Crippen molar-refractivity contribution < 1.29 is 14.6 Å². The number of hydrogen-bond acceptors (Lipinski definition) is 2. The van der Waals surface area contributed by atoms with Crippen LogP contribution in [0, 0.1) is 0 Å². The molecule has 0 aliphatic rings. The molecule has 0 saturated heterocycles. The zero-order valence-electron chi connectivity index (χ0n) is 9.72. The Labute approximate surface area is 127 Å². The van der Waals surface area contributed by atoms with Gasteiger partial charge in [-0.25, -0.2) is 4.79 Å². The summed E-state index contributed by atoms with van der Waals surface area (Å²) in [5.41, 5.74) is 0.596. The largest absolute Gasteiger partial charge is 0.478 e. The highest BCUT2D eigenvalue weighted by Crippen LogP contribution is 2.25. The second-order valence-electron chi connectivity index (χ2n) is 3.84. The first-order valence-electron chi connectivity index (χ1n) is 5.47. The van der Waals surface area contributed by atoms with E-state index in [0.717, 1.165) is 8.95 Å². The minimum Gasteiger partial charge on any atom is -0.478 e. The van der Waals surface area contributed by atoms with Gasteiger partial charge in [-0.2, -0.15) is 0 Å². The van der Waals surface area contributed by atoms with E-state index in [2.05, 4.69) is 31.9 Å². The van der Waals surface area contributed by atoms with Gasteiger partial charge in [0.05, 0.1) is 0 Å². The minimum atomic E-state index is -1.02. The van der Waals surface area contributed by atoms with Gasteiger partial charge in [-0.3, -0.25) is 0 Å². The van der Waals surface area contributed by atoms with Gasteiger partial charge in [0, 0.05) is 14.5 Å². The van der Waals surface area contributed by atoms with Crippen molar-refractivity contribution in [3.05, 3.63) is 63.0 Å². The minimum absolute atomic E-state index is 0.513. The molecule has 2 aromatic rings. The second kappa shape index (κ2) is 6.21. The predicted octanol–water partition coefficient (Wildman–Crippen LogP) is 4.42. The van der Waals surface area contributed by atoms with E-state index in [-0.39, 0.29) is 0 Å². The van der Waals surface area contributed by atoms with Crippen LogP contribution in [0.4, 0.5) is 0 Å². The number of halogens is 2. The Morgan fingerprint density at radius 3 is 1.89 bits per heavy atom. The summed E-state index contributed by atoms with van der Waals surface area (Å²) in [6.07, 6.45) is -1.02. The second-order valence-corrected chi connectivity index (χ2v) is 5.67. The van der Waals surface area contributed by atoms with Crippen LogP contribution in [-0.2, 0) is 4.79 Å². The molecule has 1 N–H and O–H groups in total. The van der Waals surface area contributed by atoms with E-state index in [4.69, 9.17) is 4.74 Å². The van der Waals surface area contributed by atoms with Crippen molar-refractivity contribution in [3.63, 3.8) is 0 Å². The first-order chi connectivity index (χ1) is 9.06. The van der Waals surface area contributed by atoms with Gasteiger partial charge in [-0.15, -0.1) is 0 Å². The standard InChI is InChI=1S/C14H10Br2O3/c15-10-3-1-9(2-4-10)13(14(17)18)19-12-7-5-11(16)6-8-12/h1-8,13H,(H,17,18)/t13-/m0/s1.